The van der Waals surface area contributed by atoms with Crippen LogP contribution < -0.4 is 10.0 Å². The summed E-state index contributed by atoms with van der Waals surface area (Å²) in [6.45, 7) is 0. The molecule has 0 aromatic heterocycles. The third-order valence-corrected chi connectivity index (χ3v) is 4.64. The van der Waals surface area contributed by atoms with Gasteiger partial charge in [0.05, 0.1) is 16.7 Å². The zero-order chi connectivity index (χ0) is 17.7. The molecule has 0 spiro atoms. The number of hydrogen-bond donors (Lipinski definition) is 2. The maximum absolute atomic E-state index is 12.3. The molecule has 0 bridgehead atoms. The molecule has 2 aromatic carbocycles. The van der Waals surface area contributed by atoms with E-state index < -0.39 is 15.9 Å². The Bertz CT molecular complexity index is 886. The molecule has 0 aliphatic heterocycles. The highest BCUT2D eigenvalue weighted by molar-refractivity contribution is 7.92. The van der Waals surface area contributed by atoms with Crippen LogP contribution in [0.5, 0.6) is 0 Å². The van der Waals surface area contributed by atoms with Crippen molar-refractivity contribution >= 4 is 50.5 Å². The first-order valence-corrected chi connectivity index (χ1v) is 8.80. The van der Waals surface area contributed by atoms with Crippen molar-refractivity contribution in [1.82, 2.24) is 0 Å². The van der Waals surface area contributed by atoms with Crippen molar-refractivity contribution in [3.8, 4) is 6.07 Å². The number of nitriles is 1. The van der Waals surface area contributed by atoms with Crippen LogP contribution in [0.2, 0.25) is 10.0 Å². The summed E-state index contributed by atoms with van der Waals surface area (Å²) in [7, 11) is -3.83. The standard InChI is InChI=1S/C15H11Cl2N3O3S/c16-10-7-11(17)9-13(8-10)20-24(22,23)14-3-1-12(2-4-14)19-15(21)5-6-18/h1-4,7-9,20H,5H2,(H,19,21). The Balaban J connectivity index is 2.17. The van der Waals surface area contributed by atoms with Gasteiger partial charge in [-0.05, 0) is 42.5 Å². The van der Waals surface area contributed by atoms with Crippen LogP contribution >= 0.6 is 23.2 Å². The van der Waals surface area contributed by atoms with E-state index in [1.807, 2.05) is 0 Å². The predicted octanol–water partition coefficient (Wildman–Crippen LogP) is 3.65. The van der Waals surface area contributed by atoms with Crippen LogP contribution in [0.4, 0.5) is 11.4 Å². The number of rotatable bonds is 5. The lowest BCUT2D eigenvalue weighted by Crippen LogP contribution is -2.13. The Kier molecular flexibility index (Phi) is 5.67. The predicted molar refractivity (Wildman–Crippen MR) is 92.6 cm³/mol. The molecule has 2 aromatic rings. The SMILES string of the molecule is N#CCC(=O)Nc1ccc(S(=O)(=O)Nc2cc(Cl)cc(Cl)c2)cc1. The zero-order valence-electron chi connectivity index (χ0n) is 12.1. The van der Waals surface area contributed by atoms with Gasteiger partial charge in [0.25, 0.3) is 10.0 Å². The molecule has 0 unspecified atom stereocenters. The van der Waals surface area contributed by atoms with Gasteiger partial charge in [0, 0.05) is 15.7 Å². The molecular weight excluding hydrogens is 373 g/mol. The van der Waals surface area contributed by atoms with E-state index in [1.54, 1.807) is 6.07 Å². The first-order chi connectivity index (χ1) is 11.3. The zero-order valence-corrected chi connectivity index (χ0v) is 14.4. The van der Waals surface area contributed by atoms with Crippen molar-refractivity contribution < 1.29 is 13.2 Å². The van der Waals surface area contributed by atoms with Crippen molar-refractivity contribution in [3.05, 3.63) is 52.5 Å². The Hall–Kier alpha value is -2.27. The summed E-state index contributed by atoms with van der Waals surface area (Å²) in [6.07, 6.45) is -0.281. The number of amides is 1. The summed E-state index contributed by atoms with van der Waals surface area (Å²) in [4.78, 5) is 11.3. The third-order valence-electron chi connectivity index (χ3n) is 2.80. The van der Waals surface area contributed by atoms with E-state index in [9.17, 15) is 13.2 Å². The quantitative estimate of drug-likeness (QED) is 0.822. The fraction of sp³-hybridized carbons (Fsp3) is 0.0667. The summed E-state index contributed by atoms with van der Waals surface area (Å²) in [6, 6.07) is 11.6. The van der Waals surface area contributed by atoms with Crippen molar-refractivity contribution in [1.29, 1.82) is 5.26 Å². The van der Waals surface area contributed by atoms with Crippen LogP contribution in [-0.4, -0.2) is 14.3 Å². The molecule has 124 valence electrons. The van der Waals surface area contributed by atoms with Gasteiger partial charge in [0.15, 0.2) is 0 Å². The van der Waals surface area contributed by atoms with Crippen molar-refractivity contribution in [3.63, 3.8) is 0 Å². The Morgan fingerprint density at radius 3 is 2.17 bits per heavy atom. The minimum Gasteiger partial charge on any atom is -0.325 e. The molecule has 0 radical (unpaired) electrons. The molecule has 0 saturated heterocycles. The normalized spacial score (nSPS) is 10.7. The van der Waals surface area contributed by atoms with Gasteiger partial charge in [-0.1, -0.05) is 23.2 Å². The van der Waals surface area contributed by atoms with Gasteiger partial charge >= 0.3 is 0 Å². The second-order valence-corrected chi connectivity index (χ2v) is 7.23. The minimum atomic E-state index is -3.83. The topological polar surface area (TPSA) is 99.1 Å². The van der Waals surface area contributed by atoms with Crippen LogP contribution in [0.15, 0.2) is 47.4 Å². The molecule has 0 saturated carbocycles. The first kappa shape index (κ1) is 18.1. The molecule has 9 heteroatoms. The highest BCUT2D eigenvalue weighted by Crippen LogP contribution is 2.25. The van der Waals surface area contributed by atoms with Crippen LogP contribution in [0.25, 0.3) is 0 Å². The van der Waals surface area contributed by atoms with Gasteiger partial charge in [-0.2, -0.15) is 5.26 Å². The summed E-state index contributed by atoms with van der Waals surface area (Å²) in [5.41, 5.74) is 0.624. The van der Waals surface area contributed by atoms with Crippen molar-refractivity contribution in [2.45, 2.75) is 11.3 Å². The van der Waals surface area contributed by atoms with Crippen LogP contribution in [0.3, 0.4) is 0 Å². The van der Waals surface area contributed by atoms with Gasteiger partial charge in [-0.3, -0.25) is 9.52 Å². The first-order valence-electron chi connectivity index (χ1n) is 6.56. The van der Waals surface area contributed by atoms with E-state index in [0.29, 0.717) is 15.7 Å². The average Bonchev–Trinajstić information content (AvgIpc) is 2.46. The molecule has 1 amide bonds. The van der Waals surface area contributed by atoms with E-state index in [-0.39, 0.29) is 17.0 Å². The summed E-state index contributed by atoms with van der Waals surface area (Å²) in [5, 5.41) is 11.5. The summed E-state index contributed by atoms with van der Waals surface area (Å²) in [5.74, 6) is -0.472. The van der Waals surface area contributed by atoms with E-state index in [0.717, 1.165) is 0 Å². The minimum absolute atomic E-state index is 0.00289. The van der Waals surface area contributed by atoms with Gasteiger partial charge in [-0.25, -0.2) is 8.42 Å². The van der Waals surface area contributed by atoms with Crippen molar-refractivity contribution in [2.75, 3.05) is 10.0 Å². The van der Waals surface area contributed by atoms with Gasteiger partial charge in [-0.15, -0.1) is 0 Å². The molecule has 0 fully saturated rings. The lowest BCUT2D eigenvalue weighted by Gasteiger charge is -2.10. The number of hydrogen-bond acceptors (Lipinski definition) is 4. The molecule has 0 atom stereocenters. The number of benzene rings is 2. The van der Waals surface area contributed by atoms with Crippen molar-refractivity contribution in [2.24, 2.45) is 0 Å². The van der Waals surface area contributed by atoms with Crippen LogP contribution in [0, 0.1) is 11.3 Å². The fourth-order valence-electron chi connectivity index (χ4n) is 1.82. The molecular formula is C15H11Cl2N3O3S. The fourth-order valence-corrected chi connectivity index (χ4v) is 3.39. The van der Waals surface area contributed by atoms with E-state index in [4.69, 9.17) is 28.5 Å². The maximum Gasteiger partial charge on any atom is 0.261 e. The second kappa shape index (κ2) is 7.53. The highest BCUT2D eigenvalue weighted by atomic mass is 35.5. The van der Waals surface area contributed by atoms with Gasteiger partial charge < -0.3 is 5.32 Å². The molecule has 0 heterocycles. The van der Waals surface area contributed by atoms with Gasteiger partial charge in [0.2, 0.25) is 5.91 Å². The number of nitrogens with one attached hydrogen (secondary N) is 2. The van der Waals surface area contributed by atoms with Gasteiger partial charge in [0.1, 0.15) is 6.42 Å². The lowest BCUT2D eigenvalue weighted by molar-refractivity contribution is -0.115. The maximum atomic E-state index is 12.3. The molecule has 6 nitrogen and oxygen atoms in total. The molecule has 0 aliphatic carbocycles. The number of nitrogens with zero attached hydrogens (tertiary/aromatic N) is 1. The van der Waals surface area contributed by atoms with Crippen LogP contribution in [0.1, 0.15) is 6.42 Å². The van der Waals surface area contributed by atoms with E-state index in [1.165, 1.54) is 42.5 Å². The van der Waals surface area contributed by atoms with E-state index in [2.05, 4.69) is 10.0 Å². The van der Waals surface area contributed by atoms with E-state index >= 15 is 0 Å². The number of sulfonamides is 1. The molecule has 2 rings (SSSR count). The second-order valence-electron chi connectivity index (χ2n) is 4.67. The lowest BCUT2D eigenvalue weighted by atomic mass is 10.3. The monoisotopic (exact) mass is 383 g/mol. The highest BCUT2D eigenvalue weighted by Gasteiger charge is 2.15. The Morgan fingerprint density at radius 2 is 1.62 bits per heavy atom. The number of carbonyl (C=O) groups excluding carboxylic acids is 1. The van der Waals surface area contributed by atoms with Crippen LogP contribution in [-0.2, 0) is 14.8 Å². The summed E-state index contributed by atoms with van der Waals surface area (Å²) < 4.78 is 27.0. The third kappa shape index (κ3) is 4.86. The largest absolute Gasteiger partial charge is 0.325 e. The molecule has 24 heavy (non-hydrogen) atoms. The summed E-state index contributed by atoms with van der Waals surface area (Å²) >= 11 is 11.7. The Labute approximate surface area is 149 Å². The number of anilines is 2. The Morgan fingerprint density at radius 1 is 1.04 bits per heavy atom. The number of halogens is 2. The molecule has 2 N–H and O–H groups in total. The smallest absolute Gasteiger partial charge is 0.261 e. The number of carbonyl (C=O) groups is 1. The molecule has 0 aliphatic rings. The average molecular weight is 384 g/mol.